The van der Waals surface area contributed by atoms with Crippen molar-refractivity contribution in [3.8, 4) is 0 Å². The quantitative estimate of drug-likeness (QED) is 0.336. The van der Waals surface area contributed by atoms with Crippen molar-refractivity contribution < 1.29 is 18.4 Å². The van der Waals surface area contributed by atoms with Gasteiger partial charge in [0, 0.05) is 13.1 Å². The molecule has 3 aliphatic heterocycles. The largest absolute Gasteiger partial charge is 0.372 e. The van der Waals surface area contributed by atoms with Gasteiger partial charge in [-0.1, -0.05) is 0 Å². The minimum Gasteiger partial charge on any atom is -0.372 e. The van der Waals surface area contributed by atoms with Gasteiger partial charge in [-0.25, -0.2) is 4.31 Å². The van der Waals surface area contributed by atoms with Gasteiger partial charge in [0.05, 0.1) is 50.9 Å². The van der Waals surface area contributed by atoms with Crippen LogP contribution in [-0.2, 0) is 18.4 Å². The molecule has 0 spiro atoms. The van der Waals surface area contributed by atoms with Gasteiger partial charge >= 0.3 is 0 Å². The molecule has 3 atom stereocenters. The van der Waals surface area contributed by atoms with Gasteiger partial charge < -0.3 is 14.2 Å². The third kappa shape index (κ3) is 3.90. The Morgan fingerprint density at radius 2 is 1.53 bits per heavy atom. The van der Waals surface area contributed by atoms with Crippen molar-refractivity contribution in [2.24, 2.45) is 0 Å². The van der Waals surface area contributed by atoms with Crippen LogP contribution < -0.4 is 0 Å². The summed E-state index contributed by atoms with van der Waals surface area (Å²) in [5.41, 5.74) is 0. The zero-order valence-corrected chi connectivity index (χ0v) is 9.28. The zero-order chi connectivity index (χ0) is 10.1. The minimum atomic E-state index is 0.327. The average molecular weight is 233 g/mol. The van der Waals surface area contributed by atoms with E-state index in [-0.39, 0.29) is 0 Å². The molecule has 0 aromatic carbocycles. The Bertz CT molecular complexity index is 204. The molecule has 0 saturated carbocycles. The first-order valence-electron chi connectivity index (χ1n) is 5.29. The maximum Gasteiger partial charge on any atom is 0.106 e. The Hall–Kier alpha value is 0.150. The van der Waals surface area contributed by atoms with Crippen molar-refractivity contribution in [1.29, 1.82) is 0 Å². The summed E-state index contributed by atoms with van der Waals surface area (Å²) in [5, 5.41) is 0. The van der Waals surface area contributed by atoms with Crippen molar-refractivity contribution in [3.63, 3.8) is 0 Å². The molecule has 3 unspecified atom stereocenters. The Labute approximate surface area is 93.3 Å². The highest BCUT2D eigenvalue weighted by Gasteiger charge is 2.32. The van der Waals surface area contributed by atoms with E-state index in [1.54, 1.807) is 0 Å². The topological polar surface area (TPSA) is 50.1 Å². The van der Waals surface area contributed by atoms with Crippen LogP contribution in [0.2, 0.25) is 0 Å². The van der Waals surface area contributed by atoms with Crippen molar-refractivity contribution in [2.45, 2.75) is 18.3 Å². The first-order chi connectivity index (χ1) is 7.40. The van der Waals surface area contributed by atoms with E-state index in [1.807, 2.05) is 0 Å². The second-order valence-corrected chi connectivity index (χ2v) is 4.97. The van der Waals surface area contributed by atoms with Gasteiger partial charge in [0.1, 0.15) is 6.10 Å². The second-order valence-electron chi connectivity index (χ2n) is 4.07. The van der Waals surface area contributed by atoms with E-state index >= 15 is 0 Å². The van der Waals surface area contributed by atoms with Crippen LogP contribution in [0, 0.1) is 0 Å². The molecule has 86 valence electrons. The van der Waals surface area contributed by atoms with Gasteiger partial charge in [-0.2, -0.15) is 0 Å². The summed E-state index contributed by atoms with van der Waals surface area (Å²) in [6.07, 6.45) is 1.13. The number of hydrogen-bond acceptors (Lipinski definition) is 6. The van der Waals surface area contributed by atoms with E-state index in [0.29, 0.717) is 24.9 Å². The van der Waals surface area contributed by atoms with E-state index in [4.69, 9.17) is 18.4 Å². The van der Waals surface area contributed by atoms with Crippen molar-refractivity contribution in [2.75, 3.05) is 39.5 Å². The first kappa shape index (κ1) is 10.3. The lowest BCUT2D eigenvalue weighted by molar-refractivity contribution is 0.266. The van der Waals surface area contributed by atoms with E-state index in [0.717, 1.165) is 32.9 Å². The zero-order valence-electron chi connectivity index (χ0n) is 8.46. The van der Waals surface area contributed by atoms with E-state index in [2.05, 4.69) is 4.31 Å². The molecule has 3 rings (SSSR count). The molecule has 3 aliphatic rings. The van der Waals surface area contributed by atoms with Gasteiger partial charge in [-0.3, -0.25) is 4.18 Å². The van der Waals surface area contributed by atoms with Crippen molar-refractivity contribution in [3.05, 3.63) is 0 Å². The van der Waals surface area contributed by atoms with Gasteiger partial charge in [0.2, 0.25) is 0 Å². The summed E-state index contributed by atoms with van der Waals surface area (Å²) < 4.78 is 23.1. The number of hydrogen-bond donors (Lipinski definition) is 0. The number of epoxide rings is 3. The third-order valence-corrected chi connectivity index (χ3v) is 3.18. The van der Waals surface area contributed by atoms with Crippen LogP contribution in [-0.4, -0.2) is 62.1 Å². The third-order valence-electron chi connectivity index (χ3n) is 2.43. The average Bonchev–Trinajstić information content (AvgIpc) is 3.06. The molecule has 3 fully saturated rings. The van der Waals surface area contributed by atoms with Gasteiger partial charge in [0.25, 0.3) is 0 Å². The fourth-order valence-corrected chi connectivity index (χ4v) is 2.10. The Kier molecular flexibility index (Phi) is 3.14. The van der Waals surface area contributed by atoms with E-state index in [9.17, 15) is 0 Å². The second kappa shape index (κ2) is 4.57. The van der Waals surface area contributed by atoms with Crippen molar-refractivity contribution >= 4 is 12.2 Å². The fourth-order valence-electron chi connectivity index (χ4n) is 1.28. The highest BCUT2D eigenvalue weighted by Crippen LogP contribution is 2.23. The summed E-state index contributed by atoms with van der Waals surface area (Å²) in [5.74, 6) is 0. The van der Waals surface area contributed by atoms with E-state index in [1.165, 1.54) is 12.2 Å². The summed E-state index contributed by atoms with van der Waals surface area (Å²) in [4.78, 5) is 0. The minimum absolute atomic E-state index is 0.327. The molecule has 0 N–H and O–H groups in total. The maximum atomic E-state index is 5.48. The Balaban J connectivity index is 1.34. The van der Waals surface area contributed by atoms with Crippen LogP contribution in [0.4, 0.5) is 0 Å². The van der Waals surface area contributed by atoms with Crippen LogP contribution in [0.3, 0.4) is 0 Å². The lowest BCUT2D eigenvalue weighted by Crippen LogP contribution is -2.26. The summed E-state index contributed by atoms with van der Waals surface area (Å²) in [7, 11) is 0. The molecule has 0 aromatic heterocycles. The van der Waals surface area contributed by atoms with Crippen molar-refractivity contribution in [1.82, 2.24) is 4.31 Å². The molecule has 0 bridgehead atoms. The Morgan fingerprint density at radius 3 is 2.00 bits per heavy atom. The number of rotatable bonds is 8. The molecule has 3 saturated heterocycles. The van der Waals surface area contributed by atoms with Gasteiger partial charge in [0.15, 0.2) is 0 Å². The molecule has 0 radical (unpaired) electrons. The summed E-state index contributed by atoms with van der Waals surface area (Å²) >= 11 is 1.42. The van der Waals surface area contributed by atoms with Crippen LogP contribution in [0.25, 0.3) is 0 Å². The Morgan fingerprint density at radius 1 is 1.00 bits per heavy atom. The molecule has 0 aliphatic carbocycles. The maximum absolute atomic E-state index is 5.48. The predicted octanol–water partition coefficient (Wildman–Crippen LogP) is 0.0646. The molecule has 5 nitrogen and oxygen atoms in total. The highest BCUT2D eigenvalue weighted by atomic mass is 32.2. The first-order valence-corrected chi connectivity index (χ1v) is 5.99. The van der Waals surface area contributed by atoms with Gasteiger partial charge in [-0.15, -0.1) is 0 Å². The highest BCUT2D eigenvalue weighted by molar-refractivity contribution is 7.92. The monoisotopic (exact) mass is 233 g/mol. The summed E-state index contributed by atoms with van der Waals surface area (Å²) in [6, 6.07) is 0. The van der Waals surface area contributed by atoms with Gasteiger partial charge in [-0.05, 0) is 0 Å². The van der Waals surface area contributed by atoms with Crippen LogP contribution in [0.5, 0.6) is 0 Å². The summed E-state index contributed by atoms with van der Waals surface area (Å²) in [6.45, 7) is 5.14. The van der Waals surface area contributed by atoms with E-state index < -0.39 is 0 Å². The normalized spacial score (nSPS) is 37.0. The molecule has 0 aromatic rings. The molecule has 15 heavy (non-hydrogen) atoms. The fraction of sp³-hybridized carbons (Fsp3) is 1.00. The van der Waals surface area contributed by atoms with Crippen LogP contribution in [0.1, 0.15) is 0 Å². The molecule has 0 amide bonds. The number of nitrogens with zero attached hydrogens (tertiary/aromatic N) is 1. The molecular formula is C9H15NO4S. The lowest BCUT2D eigenvalue weighted by Gasteiger charge is -2.17. The number of ether oxygens (including phenoxy) is 3. The molecular weight excluding hydrogens is 218 g/mol. The SMILES string of the molecule is C(OSN(CC1CO1)CC1CO1)C1CO1. The lowest BCUT2D eigenvalue weighted by atomic mass is 10.4. The van der Waals surface area contributed by atoms with Crippen LogP contribution >= 0.6 is 12.2 Å². The molecule has 3 heterocycles. The molecule has 6 heteroatoms. The smallest absolute Gasteiger partial charge is 0.106 e. The standard InChI is InChI=1S/C9H15NO4S/c1(7-3-11-7)10(2-8-4-12-8)15-14-6-9-5-13-9/h7-9H,1-6H2. The van der Waals surface area contributed by atoms with Crippen LogP contribution in [0.15, 0.2) is 0 Å². The predicted molar refractivity (Wildman–Crippen MR) is 54.3 cm³/mol.